The number of ether oxygens (including phenoxy) is 1. The number of carbonyl (C=O) groups is 2. The Morgan fingerprint density at radius 1 is 1.33 bits per heavy atom. The molecule has 1 N–H and O–H groups in total. The minimum Gasteiger partial charge on any atom is -0.450 e. The zero-order valence-electron chi connectivity index (χ0n) is 12.2. The monoisotopic (exact) mass is 288 g/mol. The summed E-state index contributed by atoms with van der Waals surface area (Å²) in [5.41, 5.74) is 2.03. The Kier molecular flexibility index (Phi) is 3.82. The lowest BCUT2D eigenvalue weighted by Crippen LogP contribution is -2.40. The van der Waals surface area contributed by atoms with Crippen molar-refractivity contribution in [2.45, 2.75) is 25.7 Å². The lowest BCUT2D eigenvalue weighted by Gasteiger charge is -2.33. The fraction of sp³-hybridized carbons (Fsp3) is 0.500. The number of nitrogens with zero attached hydrogens (tertiary/aromatic N) is 1. The average molecular weight is 288 g/mol. The van der Waals surface area contributed by atoms with Crippen LogP contribution in [0.25, 0.3) is 0 Å². The van der Waals surface area contributed by atoms with Gasteiger partial charge >= 0.3 is 6.09 Å². The molecule has 1 aromatic rings. The van der Waals surface area contributed by atoms with E-state index in [1.54, 1.807) is 4.90 Å². The van der Waals surface area contributed by atoms with E-state index in [0.29, 0.717) is 25.6 Å². The van der Waals surface area contributed by atoms with Crippen molar-refractivity contribution in [3.8, 4) is 0 Å². The highest BCUT2D eigenvalue weighted by molar-refractivity contribution is 6.03. The zero-order valence-corrected chi connectivity index (χ0v) is 12.2. The summed E-state index contributed by atoms with van der Waals surface area (Å²) in [7, 11) is 0. The summed E-state index contributed by atoms with van der Waals surface area (Å²) >= 11 is 0. The van der Waals surface area contributed by atoms with Gasteiger partial charge in [0.05, 0.1) is 12.5 Å². The van der Waals surface area contributed by atoms with E-state index in [0.717, 1.165) is 24.1 Å². The van der Waals surface area contributed by atoms with Crippen LogP contribution < -0.4 is 5.32 Å². The first-order valence-corrected chi connectivity index (χ1v) is 7.52. The Morgan fingerprint density at radius 2 is 2.05 bits per heavy atom. The number of hydrogen-bond acceptors (Lipinski definition) is 3. The Bertz CT molecular complexity index is 550. The van der Waals surface area contributed by atoms with Crippen molar-refractivity contribution in [2.75, 3.05) is 25.0 Å². The molecule has 5 nitrogen and oxygen atoms in total. The second-order valence-electron chi connectivity index (χ2n) is 5.58. The zero-order chi connectivity index (χ0) is 14.8. The molecule has 2 aliphatic heterocycles. The lowest BCUT2D eigenvalue weighted by atomic mass is 9.81. The molecule has 2 aliphatic rings. The molecule has 0 bridgehead atoms. The van der Waals surface area contributed by atoms with Gasteiger partial charge in [-0.05, 0) is 37.3 Å². The van der Waals surface area contributed by atoms with E-state index in [9.17, 15) is 9.59 Å². The number of fused-ring (bicyclic) bond motifs is 1. The SMILES string of the molecule is CCOC(=O)N1CCC(C2C(=O)Nc3ccccc32)CC1. The first kappa shape index (κ1) is 13.9. The normalized spacial score (nSPS) is 21.9. The molecule has 0 spiro atoms. The molecule has 0 saturated carbocycles. The van der Waals surface area contributed by atoms with E-state index in [1.807, 2.05) is 31.2 Å². The summed E-state index contributed by atoms with van der Waals surface area (Å²) in [5, 5.41) is 2.95. The summed E-state index contributed by atoms with van der Waals surface area (Å²) in [6.45, 7) is 3.53. The molecule has 1 unspecified atom stereocenters. The molecule has 21 heavy (non-hydrogen) atoms. The maximum Gasteiger partial charge on any atom is 0.409 e. The third kappa shape index (κ3) is 2.60. The van der Waals surface area contributed by atoms with Gasteiger partial charge in [-0.1, -0.05) is 18.2 Å². The van der Waals surface area contributed by atoms with Crippen LogP contribution >= 0.6 is 0 Å². The molecule has 2 heterocycles. The number of carbonyl (C=O) groups excluding carboxylic acids is 2. The summed E-state index contributed by atoms with van der Waals surface area (Å²) < 4.78 is 5.03. The van der Waals surface area contributed by atoms with Crippen molar-refractivity contribution in [3.05, 3.63) is 29.8 Å². The topological polar surface area (TPSA) is 58.6 Å². The van der Waals surface area contributed by atoms with Gasteiger partial charge in [0.1, 0.15) is 0 Å². The van der Waals surface area contributed by atoms with Gasteiger partial charge in [-0.25, -0.2) is 4.79 Å². The number of rotatable bonds is 2. The highest BCUT2D eigenvalue weighted by Crippen LogP contribution is 2.41. The number of para-hydroxylation sites is 1. The predicted octanol–water partition coefficient (Wildman–Crippen LogP) is 2.59. The van der Waals surface area contributed by atoms with Gasteiger partial charge in [0.25, 0.3) is 0 Å². The first-order chi connectivity index (χ1) is 10.2. The summed E-state index contributed by atoms with van der Waals surface area (Å²) in [6, 6.07) is 7.88. The van der Waals surface area contributed by atoms with Crippen molar-refractivity contribution in [3.63, 3.8) is 0 Å². The number of benzene rings is 1. The number of piperidine rings is 1. The molecule has 0 aliphatic carbocycles. The summed E-state index contributed by atoms with van der Waals surface area (Å²) in [6.07, 6.45) is 1.43. The van der Waals surface area contributed by atoms with Crippen LogP contribution in [0.5, 0.6) is 0 Å². The quantitative estimate of drug-likeness (QED) is 0.910. The van der Waals surface area contributed by atoms with Crippen LogP contribution in [-0.4, -0.2) is 36.6 Å². The Balaban J connectivity index is 1.67. The highest BCUT2D eigenvalue weighted by atomic mass is 16.6. The van der Waals surface area contributed by atoms with Crippen LogP contribution in [0.2, 0.25) is 0 Å². The predicted molar refractivity (Wildman–Crippen MR) is 79.1 cm³/mol. The highest BCUT2D eigenvalue weighted by Gasteiger charge is 2.38. The second-order valence-corrected chi connectivity index (χ2v) is 5.58. The van der Waals surface area contributed by atoms with Gasteiger partial charge < -0.3 is 15.0 Å². The van der Waals surface area contributed by atoms with Gasteiger partial charge in [-0.15, -0.1) is 0 Å². The third-order valence-electron chi connectivity index (χ3n) is 4.37. The molecule has 1 aromatic carbocycles. The summed E-state index contributed by atoms with van der Waals surface area (Å²) in [5.74, 6) is 0.302. The van der Waals surface area contributed by atoms with Crippen molar-refractivity contribution in [1.82, 2.24) is 4.90 Å². The van der Waals surface area contributed by atoms with Gasteiger partial charge in [-0.3, -0.25) is 4.79 Å². The number of amides is 2. The van der Waals surface area contributed by atoms with E-state index >= 15 is 0 Å². The van der Waals surface area contributed by atoms with Crippen LogP contribution in [0.15, 0.2) is 24.3 Å². The second kappa shape index (κ2) is 5.76. The van der Waals surface area contributed by atoms with Crippen LogP contribution in [0.4, 0.5) is 10.5 Å². The largest absolute Gasteiger partial charge is 0.450 e. The van der Waals surface area contributed by atoms with Gasteiger partial charge in [-0.2, -0.15) is 0 Å². The molecule has 5 heteroatoms. The van der Waals surface area contributed by atoms with Crippen LogP contribution in [0, 0.1) is 5.92 Å². The molecule has 0 radical (unpaired) electrons. The van der Waals surface area contributed by atoms with E-state index in [2.05, 4.69) is 5.32 Å². The minimum atomic E-state index is -0.243. The lowest BCUT2D eigenvalue weighted by molar-refractivity contribution is -0.118. The molecule has 0 aromatic heterocycles. The molecule has 1 atom stereocenters. The number of nitrogens with one attached hydrogen (secondary N) is 1. The Labute approximate surface area is 124 Å². The number of anilines is 1. The van der Waals surface area contributed by atoms with Crippen molar-refractivity contribution in [1.29, 1.82) is 0 Å². The van der Waals surface area contributed by atoms with E-state index in [1.165, 1.54) is 0 Å². The van der Waals surface area contributed by atoms with Gasteiger partial charge in [0.2, 0.25) is 5.91 Å². The maximum atomic E-state index is 12.2. The van der Waals surface area contributed by atoms with E-state index in [4.69, 9.17) is 4.74 Å². The van der Waals surface area contributed by atoms with Gasteiger partial charge in [0.15, 0.2) is 0 Å². The number of likely N-dealkylation sites (tertiary alicyclic amines) is 1. The standard InChI is InChI=1S/C16H20N2O3/c1-2-21-16(20)18-9-7-11(8-10-18)14-12-5-3-4-6-13(12)17-15(14)19/h3-6,11,14H,2,7-10H2,1H3,(H,17,19). The molecular weight excluding hydrogens is 268 g/mol. The van der Waals surface area contributed by atoms with Crippen LogP contribution in [0.3, 0.4) is 0 Å². The van der Waals surface area contributed by atoms with Gasteiger partial charge in [0, 0.05) is 18.8 Å². The molecule has 1 fully saturated rings. The average Bonchev–Trinajstić information content (AvgIpc) is 2.83. The van der Waals surface area contributed by atoms with Crippen molar-refractivity contribution in [2.24, 2.45) is 5.92 Å². The maximum absolute atomic E-state index is 12.2. The van der Waals surface area contributed by atoms with Crippen molar-refractivity contribution < 1.29 is 14.3 Å². The van der Waals surface area contributed by atoms with E-state index in [-0.39, 0.29) is 17.9 Å². The third-order valence-corrected chi connectivity index (χ3v) is 4.37. The molecule has 2 amide bonds. The summed E-state index contributed by atoms with van der Waals surface area (Å²) in [4.78, 5) is 25.7. The van der Waals surface area contributed by atoms with Crippen LogP contribution in [0.1, 0.15) is 31.2 Å². The van der Waals surface area contributed by atoms with Crippen molar-refractivity contribution >= 4 is 17.7 Å². The fourth-order valence-electron chi connectivity index (χ4n) is 3.33. The Hall–Kier alpha value is -2.04. The first-order valence-electron chi connectivity index (χ1n) is 7.52. The Morgan fingerprint density at radius 3 is 2.76 bits per heavy atom. The number of hydrogen-bond donors (Lipinski definition) is 1. The molecule has 1 saturated heterocycles. The van der Waals surface area contributed by atoms with E-state index < -0.39 is 0 Å². The molecule has 112 valence electrons. The van der Waals surface area contributed by atoms with Crippen LogP contribution in [-0.2, 0) is 9.53 Å². The minimum absolute atomic E-state index is 0.0782. The molecule has 3 rings (SSSR count). The fourth-order valence-corrected chi connectivity index (χ4v) is 3.33. The molecular formula is C16H20N2O3. The smallest absolute Gasteiger partial charge is 0.409 e.